The van der Waals surface area contributed by atoms with E-state index in [1.165, 1.54) is 5.56 Å². The van der Waals surface area contributed by atoms with Gasteiger partial charge in [0.2, 0.25) is 0 Å². The van der Waals surface area contributed by atoms with Crippen LogP contribution in [0.15, 0.2) is 72.9 Å². The molecule has 1 N–H and O–H groups in total. The number of hydrogen-bond acceptors (Lipinski definition) is 2. The first-order chi connectivity index (χ1) is 17.3. The second-order valence-electron chi connectivity index (χ2n) is 9.48. The number of pyridine rings is 1. The first-order valence-corrected chi connectivity index (χ1v) is 13.2. The minimum atomic E-state index is -0.118. The van der Waals surface area contributed by atoms with Crippen molar-refractivity contribution in [2.45, 2.75) is 45.7 Å². The second-order valence-corrected chi connectivity index (χ2v) is 10.6. The summed E-state index contributed by atoms with van der Waals surface area (Å²) >= 11 is 18.9. The van der Waals surface area contributed by atoms with Gasteiger partial charge in [0.25, 0.3) is 0 Å². The number of aromatic nitrogens is 2. The molecule has 184 valence electrons. The zero-order valence-electron chi connectivity index (χ0n) is 20.7. The number of nitrogens with one attached hydrogen (secondary N) is 1. The van der Waals surface area contributed by atoms with E-state index in [1.807, 2.05) is 36.5 Å². The van der Waals surface area contributed by atoms with Crippen LogP contribution >= 0.6 is 35.4 Å². The largest absolute Gasteiger partial charge is 0.351 e. The van der Waals surface area contributed by atoms with Crippen LogP contribution in [0.1, 0.15) is 60.1 Å². The SMILES string of the molecule is Cc1cc([C@@H]2[C@@H](c3ccccn3)NC(=S)N2c2ccc(C(C)C)cc2)c(C)n1-c1cccc(Cl)c1Cl. The fourth-order valence-electron chi connectivity index (χ4n) is 5.09. The molecule has 2 atom stereocenters. The molecule has 0 saturated carbocycles. The van der Waals surface area contributed by atoms with E-state index in [2.05, 4.69) is 77.8 Å². The average Bonchev–Trinajstić information content (AvgIpc) is 3.36. The molecule has 2 aromatic carbocycles. The second kappa shape index (κ2) is 9.89. The Bertz CT molecular complexity index is 1410. The highest BCUT2D eigenvalue weighted by atomic mass is 35.5. The number of anilines is 1. The summed E-state index contributed by atoms with van der Waals surface area (Å²) in [6.45, 7) is 8.61. The third-order valence-electron chi connectivity index (χ3n) is 6.90. The van der Waals surface area contributed by atoms with Crippen LogP contribution in [0.4, 0.5) is 5.69 Å². The van der Waals surface area contributed by atoms with E-state index in [-0.39, 0.29) is 12.1 Å². The highest BCUT2D eigenvalue weighted by molar-refractivity contribution is 7.80. The zero-order valence-corrected chi connectivity index (χ0v) is 23.0. The molecule has 0 amide bonds. The number of rotatable bonds is 5. The average molecular weight is 536 g/mol. The molecule has 7 heteroatoms. The fraction of sp³-hybridized carbons (Fsp3) is 0.241. The molecule has 0 aliphatic carbocycles. The van der Waals surface area contributed by atoms with E-state index >= 15 is 0 Å². The Hall–Kier alpha value is -2.86. The maximum absolute atomic E-state index is 6.65. The number of halogens is 2. The molecule has 0 unspecified atom stereocenters. The van der Waals surface area contributed by atoms with E-state index in [4.69, 9.17) is 35.4 Å². The van der Waals surface area contributed by atoms with Crippen LogP contribution in [0.25, 0.3) is 5.69 Å². The number of thiocarbonyl (C=S) groups is 1. The molecule has 36 heavy (non-hydrogen) atoms. The molecule has 1 aliphatic heterocycles. The van der Waals surface area contributed by atoms with Gasteiger partial charge in [-0.05, 0) is 85.6 Å². The lowest BCUT2D eigenvalue weighted by atomic mass is 9.96. The standard InChI is InChI=1S/C29H28Cl2N4S/c1-17(2)20-11-13-21(14-12-20)35-28(27(33-29(35)36)24-9-5-6-15-32-24)22-16-18(3)34(19(22)4)25-10-7-8-23(30)26(25)31/h5-17,27-28H,1-4H3,(H,33,36)/t27-,28-/m1/s1. The Morgan fingerprint density at radius 1 is 0.972 bits per heavy atom. The molecule has 0 radical (unpaired) electrons. The van der Waals surface area contributed by atoms with Crippen molar-refractivity contribution >= 4 is 46.2 Å². The van der Waals surface area contributed by atoms with E-state index in [1.54, 1.807) is 6.07 Å². The number of hydrogen-bond donors (Lipinski definition) is 1. The van der Waals surface area contributed by atoms with Crippen LogP contribution in [-0.2, 0) is 0 Å². The van der Waals surface area contributed by atoms with Gasteiger partial charge in [0.1, 0.15) is 0 Å². The van der Waals surface area contributed by atoms with Crippen molar-refractivity contribution in [1.82, 2.24) is 14.9 Å². The lowest BCUT2D eigenvalue weighted by molar-refractivity contribution is 0.565. The van der Waals surface area contributed by atoms with Crippen LogP contribution in [0, 0.1) is 13.8 Å². The Kier molecular flexibility index (Phi) is 6.82. The quantitative estimate of drug-likeness (QED) is 0.262. The molecule has 0 bridgehead atoms. The highest BCUT2D eigenvalue weighted by Gasteiger charge is 2.42. The van der Waals surface area contributed by atoms with Crippen molar-refractivity contribution in [3.05, 3.63) is 111 Å². The number of nitrogens with zero attached hydrogens (tertiary/aromatic N) is 3. The van der Waals surface area contributed by atoms with Gasteiger partial charge >= 0.3 is 0 Å². The first-order valence-electron chi connectivity index (χ1n) is 12.0. The molecule has 0 spiro atoms. The summed E-state index contributed by atoms with van der Waals surface area (Å²) in [5.74, 6) is 0.459. The molecule has 1 aliphatic rings. The Morgan fingerprint density at radius 2 is 1.72 bits per heavy atom. The summed E-state index contributed by atoms with van der Waals surface area (Å²) in [5.41, 5.74) is 7.45. The summed E-state index contributed by atoms with van der Waals surface area (Å²) in [6, 6.07) is 22.4. The summed E-state index contributed by atoms with van der Waals surface area (Å²) < 4.78 is 2.17. The topological polar surface area (TPSA) is 33.1 Å². The first kappa shape index (κ1) is 24.8. The summed E-state index contributed by atoms with van der Waals surface area (Å²) in [7, 11) is 0. The number of benzene rings is 2. The molecule has 5 rings (SSSR count). The molecule has 1 saturated heterocycles. The molecular formula is C29H28Cl2N4S. The third-order valence-corrected chi connectivity index (χ3v) is 8.02. The molecule has 3 heterocycles. The van der Waals surface area contributed by atoms with E-state index in [9.17, 15) is 0 Å². The maximum Gasteiger partial charge on any atom is 0.174 e. The van der Waals surface area contributed by atoms with Gasteiger partial charge in [0.15, 0.2) is 5.11 Å². The van der Waals surface area contributed by atoms with Crippen LogP contribution in [0.2, 0.25) is 10.0 Å². The van der Waals surface area contributed by atoms with Crippen molar-refractivity contribution in [2.24, 2.45) is 0 Å². The summed E-state index contributed by atoms with van der Waals surface area (Å²) in [5, 5.41) is 5.31. The fourth-order valence-corrected chi connectivity index (χ4v) is 5.82. The molecule has 2 aromatic heterocycles. The highest BCUT2D eigenvalue weighted by Crippen LogP contribution is 2.44. The Morgan fingerprint density at radius 3 is 2.39 bits per heavy atom. The minimum Gasteiger partial charge on any atom is -0.351 e. The van der Waals surface area contributed by atoms with Crippen molar-refractivity contribution in [1.29, 1.82) is 0 Å². The van der Waals surface area contributed by atoms with Gasteiger partial charge in [0.05, 0.1) is 33.5 Å². The van der Waals surface area contributed by atoms with Crippen molar-refractivity contribution in [3.8, 4) is 5.69 Å². The van der Waals surface area contributed by atoms with Crippen molar-refractivity contribution < 1.29 is 0 Å². The van der Waals surface area contributed by atoms with Crippen LogP contribution < -0.4 is 10.2 Å². The Labute approximate surface area is 227 Å². The zero-order chi connectivity index (χ0) is 25.6. The van der Waals surface area contributed by atoms with Gasteiger partial charge in [0, 0.05) is 23.3 Å². The third kappa shape index (κ3) is 4.30. The van der Waals surface area contributed by atoms with Crippen LogP contribution in [0.5, 0.6) is 0 Å². The minimum absolute atomic E-state index is 0.102. The van der Waals surface area contributed by atoms with Crippen LogP contribution in [0.3, 0.4) is 0 Å². The van der Waals surface area contributed by atoms with Gasteiger partial charge in [-0.25, -0.2) is 0 Å². The van der Waals surface area contributed by atoms with Gasteiger partial charge < -0.3 is 14.8 Å². The van der Waals surface area contributed by atoms with Gasteiger partial charge in [-0.15, -0.1) is 0 Å². The normalized spacial score (nSPS) is 17.6. The van der Waals surface area contributed by atoms with Crippen molar-refractivity contribution in [3.63, 3.8) is 0 Å². The molecular weight excluding hydrogens is 507 g/mol. The maximum atomic E-state index is 6.65. The monoisotopic (exact) mass is 534 g/mol. The number of aryl methyl sites for hydroxylation is 1. The lowest BCUT2D eigenvalue weighted by Crippen LogP contribution is -2.29. The van der Waals surface area contributed by atoms with E-state index < -0.39 is 0 Å². The summed E-state index contributed by atoms with van der Waals surface area (Å²) in [4.78, 5) is 6.90. The molecule has 4 nitrogen and oxygen atoms in total. The Balaban J connectivity index is 1.68. The lowest BCUT2D eigenvalue weighted by Gasteiger charge is -2.28. The molecule has 1 fully saturated rings. The van der Waals surface area contributed by atoms with Crippen LogP contribution in [-0.4, -0.2) is 14.7 Å². The molecule has 4 aromatic rings. The predicted octanol–water partition coefficient (Wildman–Crippen LogP) is 8.10. The summed E-state index contributed by atoms with van der Waals surface area (Å²) in [6.07, 6.45) is 1.83. The van der Waals surface area contributed by atoms with Gasteiger partial charge in [-0.2, -0.15) is 0 Å². The van der Waals surface area contributed by atoms with Crippen molar-refractivity contribution in [2.75, 3.05) is 4.90 Å². The smallest absolute Gasteiger partial charge is 0.174 e. The predicted molar refractivity (Wildman–Crippen MR) is 154 cm³/mol. The van der Waals surface area contributed by atoms with E-state index in [0.717, 1.165) is 34.0 Å². The van der Waals surface area contributed by atoms with E-state index in [0.29, 0.717) is 21.1 Å². The van der Waals surface area contributed by atoms with Gasteiger partial charge in [-0.1, -0.05) is 61.3 Å². The van der Waals surface area contributed by atoms with Gasteiger partial charge in [-0.3, -0.25) is 4.98 Å².